The van der Waals surface area contributed by atoms with E-state index in [0.717, 1.165) is 30.0 Å². The standard InChI is InChI=1S/C19H21NO4S/c1-10-18-12-7-16(24-3)15(23-2)6-11(12)4-5-20(18)13-8-25-9-14(21)17(13)19(10)22/h6-7,10,18H,4-5,8-9H2,1-3H3. The maximum atomic E-state index is 12.9. The number of benzene rings is 1. The van der Waals surface area contributed by atoms with Crippen molar-refractivity contribution in [2.24, 2.45) is 5.92 Å². The van der Waals surface area contributed by atoms with Crippen molar-refractivity contribution in [1.29, 1.82) is 0 Å². The number of hydrogen-bond acceptors (Lipinski definition) is 6. The molecule has 0 fully saturated rings. The molecule has 0 amide bonds. The fourth-order valence-corrected chi connectivity index (χ4v) is 5.18. The number of thioether (sulfide) groups is 1. The molecular weight excluding hydrogens is 338 g/mol. The summed E-state index contributed by atoms with van der Waals surface area (Å²) in [5.41, 5.74) is 3.68. The van der Waals surface area contributed by atoms with Crippen LogP contribution in [0.25, 0.3) is 0 Å². The Bertz CT molecular complexity index is 801. The lowest BCUT2D eigenvalue weighted by Crippen LogP contribution is -2.48. The molecule has 25 heavy (non-hydrogen) atoms. The molecule has 0 aliphatic carbocycles. The van der Waals surface area contributed by atoms with Gasteiger partial charge in [0.1, 0.15) is 0 Å². The third-order valence-electron chi connectivity index (χ3n) is 5.44. The van der Waals surface area contributed by atoms with E-state index < -0.39 is 0 Å². The molecule has 3 aliphatic rings. The van der Waals surface area contributed by atoms with Gasteiger partial charge in [-0.2, -0.15) is 0 Å². The zero-order chi connectivity index (χ0) is 17.7. The molecule has 0 N–H and O–H groups in total. The van der Waals surface area contributed by atoms with Crippen LogP contribution in [-0.2, 0) is 16.0 Å². The molecule has 4 rings (SSSR count). The van der Waals surface area contributed by atoms with Gasteiger partial charge < -0.3 is 14.4 Å². The Morgan fingerprint density at radius 3 is 2.56 bits per heavy atom. The lowest BCUT2D eigenvalue weighted by molar-refractivity contribution is -0.125. The Hall–Kier alpha value is -1.95. The molecule has 3 aliphatic heterocycles. The van der Waals surface area contributed by atoms with Crippen molar-refractivity contribution < 1.29 is 19.1 Å². The van der Waals surface area contributed by atoms with Crippen molar-refractivity contribution in [3.63, 3.8) is 0 Å². The molecule has 0 spiro atoms. The normalized spacial score (nSPS) is 25.3. The highest BCUT2D eigenvalue weighted by Gasteiger charge is 2.45. The maximum absolute atomic E-state index is 12.9. The van der Waals surface area contributed by atoms with E-state index >= 15 is 0 Å². The minimum absolute atomic E-state index is 0.0100. The molecule has 0 saturated heterocycles. The number of methoxy groups -OCH3 is 2. The minimum Gasteiger partial charge on any atom is -0.493 e. The Morgan fingerprint density at radius 2 is 1.84 bits per heavy atom. The lowest BCUT2D eigenvalue weighted by Gasteiger charge is -2.47. The molecule has 1 aromatic rings. The molecule has 0 saturated carbocycles. The maximum Gasteiger partial charge on any atom is 0.178 e. The zero-order valence-electron chi connectivity index (χ0n) is 14.6. The monoisotopic (exact) mass is 359 g/mol. The quantitative estimate of drug-likeness (QED) is 0.756. The SMILES string of the molecule is COc1cc2c(cc1OC)C1C(C)C(=O)C3=C(CSCC3=O)N1CC2. The minimum atomic E-state index is -0.247. The first-order valence-corrected chi connectivity index (χ1v) is 9.62. The summed E-state index contributed by atoms with van der Waals surface area (Å²) < 4.78 is 10.9. The van der Waals surface area contributed by atoms with Gasteiger partial charge in [-0.1, -0.05) is 6.92 Å². The average Bonchev–Trinajstić information content (AvgIpc) is 2.63. The Balaban J connectivity index is 1.86. The van der Waals surface area contributed by atoms with Crippen LogP contribution < -0.4 is 9.47 Å². The fraction of sp³-hybridized carbons (Fsp3) is 0.474. The van der Waals surface area contributed by atoms with E-state index in [1.54, 1.807) is 26.0 Å². The van der Waals surface area contributed by atoms with Crippen LogP contribution >= 0.6 is 11.8 Å². The van der Waals surface area contributed by atoms with E-state index in [2.05, 4.69) is 4.90 Å². The highest BCUT2D eigenvalue weighted by molar-refractivity contribution is 8.00. The van der Waals surface area contributed by atoms with Gasteiger partial charge >= 0.3 is 0 Å². The number of hydrogen-bond donors (Lipinski definition) is 0. The number of carbonyl (C=O) groups excluding carboxylic acids is 2. The summed E-state index contributed by atoms with van der Waals surface area (Å²) in [7, 11) is 3.26. The molecule has 5 nitrogen and oxygen atoms in total. The van der Waals surface area contributed by atoms with Gasteiger partial charge in [-0.15, -0.1) is 11.8 Å². The number of nitrogens with zero attached hydrogens (tertiary/aromatic N) is 1. The molecule has 3 heterocycles. The highest BCUT2D eigenvalue weighted by atomic mass is 32.2. The topological polar surface area (TPSA) is 55.8 Å². The largest absolute Gasteiger partial charge is 0.493 e. The van der Waals surface area contributed by atoms with Gasteiger partial charge in [0, 0.05) is 23.9 Å². The van der Waals surface area contributed by atoms with Crippen molar-refractivity contribution in [3.05, 3.63) is 34.5 Å². The second-order valence-electron chi connectivity index (χ2n) is 6.68. The van der Waals surface area contributed by atoms with Crippen LogP contribution in [0.5, 0.6) is 11.5 Å². The number of rotatable bonds is 2. The first-order chi connectivity index (χ1) is 12.1. The number of Topliss-reactive ketones (excluding diaryl/α,β-unsaturated/α-hetero) is 2. The van der Waals surface area contributed by atoms with Gasteiger partial charge in [-0.25, -0.2) is 0 Å². The number of ether oxygens (including phenoxy) is 2. The molecular formula is C19H21NO4S. The van der Waals surface area contributed by atoms with Gasteiger partial charge in [0.25, 0.3) is 0 Å². The summed E-state index contributed by atoms with van der Waals surface area (Å²) in [6.07, 6.45) is 0.864. The Labute approximate surface area is 151 Å². The molecule has 0 radical (unpaired) electrons. The molecule has 2 atom stereocenters. The zero-order valence-corrected chi connectivity index (χ0v) is 15.4. The second kappa shape index (κ2) is 6.09. The van der Waals surface area contributed by atoms with Crippen LogP contribution in [0.15, 0.2) is 23.4 Å². The van der Waals surface area contributed by atoms with E-state index in [-0.39, 0.29) is 23.5 Å². The van der Waals surface area contributed by atoms with Crippen LogP contribution in [0.4, 0.5) is 0 Å². The molecule has 1 aromatic carbocycles. The van der Waals surface area contributed by atoms with Gasteiger partial charge in [0.05, 0.1) is 31.6 Å². The summed E-state index contributed by atoms with van der Waals surface area (Å²) >= 11 is 1.60. The van der Waals surface area contributed by atoms with Crippen molar-refractivity contribution in [2.75, 3.05) is 32.3 Å². The van der Waals surface area contributed by atoms with E-state index in [1.165, 1.54) is 5.56 Å². The fourth-order valence-electron chi connectivity index (χ4n) is 4.24. The summed E-state index contributed by atoms with van der Waals surface area (Å²) in [5.74, 6) is 2.27. The summed E-state index contributed by atoms with van der Waals surface area (Å²) in [4.78, 5) is 27.5. The van der Waals surface area contributed by atoms with Crippen molar-refractivity contribution in [3.8, 4) is 11.5 Å². The van der Waals surface area contributed by atoms with Crippen LogP contribution in [0, 0.1) is 5.92 Å². The smallest absolute Gasteiger partial charge is 0.178 e. The van der Waals surface area contributed by atoms with Gasteiger partial charge in [-0.05, 0) is 29.7 Å². The van der Waals surface area contributed by atoms with E-state index in [1.807, 2.05) is 19.1 Å². The first-order valence-electron chi connectivity index (χ1n) is 8.46. The summed E-state index contributed by atoms with van der Waals surface area (Å²) in [5, 5.41) is 0. The molecule has 132 valence electrons. The van der Waals surface area contributed by atoms with Crippen molar-refractivity contribution in [1.82, 2.24) is 4.90 Å². The van der Waals surface area contributed by atoms with Crippen molar-refractivity contribution in [2.45, 2.75) is 19.4 Å². The van der Waals surface area contributed by atoms with Crippen molar-refractivity contribution >= 4 is 23.3 Å². The predicted octanol–water partition coefficient (Wildman–Crippen LogP) is 2.39. The predicted molar refractivity (Wildman–Crippen MR) is 96.2 cm³/mol. The van der Waals surface area contributed by atoms with Crippen LogP contribution in [0.3, 0.4) is 0 Å². The molecule has 0 bridgehead atoms. The number of carbonyl (C=O) groups is 2. The third-order valence-corrected chi connectivity index (χ3v) is 6.39. The second-order valence-corrected chi connectivity index (χ2v) is 7.67. The Morgan fingerprint density at radius 1 is 1.12 bits per heavy atom. The lowest BCUT2D eigenvalue weighted by atomic mass is 9.77. The Kier molecular flexibility index (Phi) is 4.02. The van der Waals surface area contributed by atoms with Crippen LogP contribution in [0.2, 0.25) is 0 Å². The van der Waals surface area contributed by atoms with Gasteiger partial charge in [0.15, 0.2) is 23.1 Å². The molecule has 2 unspecified atom stereocenters. The van der Waals surface area contributed by atoms with E-state index in [4.69, 9.17) is 9.47 Å². The number of fused-ring (bicyclic) bond motifs is 4. The van der Waals surface area contributed by atoms with E-state index in [0.29, 0.717) is 22.8 Å². The average molecular weight is 359 g/mol. The summed E-state index contributed by atoms with van der Waals surface area (Å²) in [6.45, 7) is 2.75. The van der Waals surface area contributed by atoms with Gasteiger partial charge in [0.2, 0.25) is 0 Å². The molecule has 6 heteroatoms. The van der Waals surface area contributed by atoms with Crippen LogP contribution in [0.1, 0.15) is 24.1 Å². The number of ketones is 2. The van der Waals surface area contributed by atoms with Crippen LogP contribution in [-0.4, -0.2) is 48.7 Å². The highest BCUT2D eigenvalue weighted by Crippen LogP contribution is 2.47. The number of allylic oxidation sites excluding steroid dienone is 1. The molecule has 0 aromatic heterocycles. The first kappa shape index (κ1) is 16.5. The summed E-state index contributed by atoms with van der Waals surface area (Å²) in [6, 6.07) is 3.98. The van der Waals surface area contributed by atoms with E-state index in [9.17, 15) is 9.59 Å². The van der Waals surface area contributed by atoms with Gasteiger partial charge in [-0.3, -0.25) is 9.59 Å². The third kappa shape index (κ3) is 2.38.